The fraction of sp³-hybridized carbons (Fsp3) is 0.826. The summed E-state index contributed by atoms with van der Waals surface area (Å²) in [5, 5.41) is 12.6. The molecule has 9 nitrogen and oxygen atoms in total. The van der Waals surface area contributed by atoms with Crippen molar-refractivity contribution in [1.82, 2.24) is 20.0 Å². The van der Waals surface area contributed by atoms with Gasteiger partial charge in [0.15, 0.2) is 0 Å². The van der Waals surface area contributed by atoms with Crippen molar-refractivity contribution >= 4 is 23.7 Å². The lowest BCUT2D eigenvalue weighted by atomic mass is 9.75. The second-order valence-corrected chi connectivity index (χ2v) is 9.69. The number of aliphatic carboxylic acids is 1. The van der Waals surface area contributed by atoms with Gasteiger partial charge in [0.1, 0.15) is 12.1 Å². The average Bonchev–Trinajstić information content (AvgIpc) is 3.44. The zero-order valence-corrected chi connectivity index (χ0v) is 19.6. The summed E-state index contributed by atoms with van der Waals surface area (Å²) in [5.41, 5.74) is -0.629. The van der Waals surface area contributed by atoms with Crippen LogP contribution in [-0.2, 0) is 19.2 Å². The Hall–Kier alpha value is -2.16. The molecule has 3 fully saturated rings. The summed E-state index contributed by atoms with van der Waals surface area (Å²) < 4.78 is 0. The molecule has 1 heterocycles. The molecule has 2 aliphatic carbocycles. The Labute approximate surface area is 190 Å². The zero-order chi connectivity index (χ0) is 23.5. The van der Waals surface area contributed by atoms with Crippen LogP contribution in [-0.4, -0.2) is 95.4 Å². The number of rotatable bonds is 9. The number of nitrogens with one attached hydrogen (secondary N) is 1. The number of carboxylic acid groups (broad SMARTS) is 1. The van der Waals surface area contributed by atoms with Crippen molar-refractivity contribution < 1.29 is 24.3 Å². The first-order valence-electron chi connectivity index (χ1n) is 12.0. The Kier molecular flexibility index (Phi) is 7.79. The summed E-state index contributed by atoms with van der Waals surface area (Å²) in [6.07, 6.45) is 7.47. The van der Waals surface area contributed by atoms with E-state index in [0.29, 0.717) is 13.1 Å². The van der Waals surface area contributed by atoms with Gasteiger partial charge in [-0.3, -0.25) is 19.2 Å². The highest BCUT2D eigenvalue weighted by atomic mass is 16.4. The second-order valence-electron chi connectivity index (χ2n) is 9.69. The Morgan fingerprint density at radius 2 is 1.59 bits per heavy atom. The third-order valence-corrected chi connectivity index (χ3v) is 7.82. The molecule has 0 bridgehead atoms. The van der Waals surface area contributed by atoms with Crippen molar-refractivity contribution in [1.29, 1.82) is 0 Å². The number of amides is 3. The third kappa shape index (κ3) is 4.77. The molecule has 2 atom stereocenters. The van der Waals surface area contributed by atoms with E-state index in [9.17, 15) is 24.3 Å². The van der Waals surface area contributed by atoms with Crippen LogP contribution in [0.25, 0.3) is 0 Å². The SMILES string of the molecule is CNC1(C(=O)N(C)[C@H](C(=O)N(C)[C@@H](CC(=O)O)C(=O)N2CCCC2)C2CCCC2)CCC1. The number of carbonyl (C=O) groups excluding carboxylic acids is 3. The summed E-state index contributed by atoms with van der Waals surface area (Å²) in [7, 11) is 4.98. The molecule has 1 saturated heterocycles. The van der Waals surface area contributed by atoms with Gasteiger partial charge in [0.2, 0.25) is 17.7 Å². The summed E-state index contributed by atoms with van der Waals surface area (Å²) >= 11 is 0. The van der Waals surface area contributed by atoms with E-state index in [1.165, 1.54) is 11.9 Å². The molecule has 0 aromatic heterocycles. The summed E-state index contributed by atoms with van der Waals surface area (Å²) in [4.78, 5) is 56.4. The van der Waals surface area contributed by atoms with E-state index >= 15 is 0 Å². The maximum Gasteiger partial charge on any atom is 0.305 e. The van der Waals surface area contributed by atoms with Crippen LogP contribution in [0.1, 0.15) is 64.2 Å². The van der Waals surface area contributed by atoms with Crippen molar-refractivity contribution in [3.8, 4) is 0 Å². The van der Waals surface area contributed by atoms with Crippen LogP contribution in [0, 0.1) is 5.92 Å². The van der Waals surface area contributed by atoms with Gasteiger partial charge in [-0.1, -0.05) is 12.8 Å². The predicted molar refractivity (Wildman–Crippen MR) is 119 cm³/mol. The van der Waals surface area contributed by atoms with Gasteiger partial charge in [0.05, 0.1) is 12.0 Å². The van der Waals surface area contributed by atoms with E-state index in [-0.39, 0.29) is 23.6 Å². The van der Waals surface area contributed by atoms with E-state index in [0.717, 1.165) is 57.8 Å². The van der Waals surface area contributed by atoms with Gasteiger partial charge < -0.3 is 25.1 Å². The lowest BCUT2D eigenvalue weighted by Gasteiger charge is -2.45. The maximum atomic E-state index is 13.8. The van der Waals surface area contributed by atoms with Gasteiger partial charge in [-0.25, -0.2) is 0 Å². The number of likely N-dealkylation sites (tertiary alicyclic amines) is 1. The number of hydrogen-bond donors (Lipinski definition) is 2. The van der Waals surface area contributed by atoms with Crippen LogP contribution in [0.4, 0.5) is 0 Å². The molecule has 0 aromatic rings. The first kappa shape index (κ1) is 24.5. The van der Waals surface area contributed by atoms with Crippen LogP contribution >= 0.6 is 0 Å². The maximum absolute atomic E-state index is 13.8. The summed E-state index contributed by atoms with van der Waals surface area (Å²) in [5.74, 6) is -1.85. The van der Waals surface area contributed by atoms with E-state index < -0.39 is 30.0 Å². The third-order valence-electron chi connectivity index (χ3n) is 7.82. The Balaban J connectivity index is 1.85. The van der Waals surface area contributed by atoms with Crippen molar-refractivity contribution in [2.75, 3.05) is 34.2 Å². The van der Waals surface area contributed by atoms with Gasteiger partial charge in [-0.2, -0.15) is 0 Å². The van der Waals surface area contributed by atoms with Crippen LogP contribution < -0.4 is 5.32 Å². The first-order valence-corrected chi connectivity index (χ1v) is 12.0. The zero-order valence-electron chi connectivity index (χ0n) is 19.6. The molecule has 3 rings (SSSR count). The Morgan fingerprint density at radius 3 is 2.06 bits per heavy atom. The molecule has 0 spiro atoms. The predicted octanol–water partition coefficient (Wildman–Crippen LogP) is 1.07. The minimum absolute atomic E-state index is 0.0141. The van der Waals surface area contributed by atoms with Gasteiger partial charge in [-0.15, -0.1) is 0 Å². The fourth-order valence-electron chi connectivity index (χ4n) is 5.59. The Bertz CT molecular complexity index is 720. The van der Waals surface area contributed by atoms with Crippen molar-refractivity contribution in [3.05, 3.63) is 0 Å². The van der Waals surface area contributed by atoms with Crippen LogP contribution in [0.5, 0.6) is 0 Å². The lowest BCUT2D eigenvalue weighted by Crippen LogP contribution is -2.65. The largest absolute Gasteiger partial charge is 0.481 e. The normalized spacial score (nSPS) is 22.2. The average molecular weight is 451 g/mol. The van der Waals surface area contributed by atoms with Crippen LogP contribution in [0.3, 0.4) is 0 Å². The van der Waals surface area contributed by atoms with E-state index in [2.05, 4.69) is 5.32 Å². The number of carboxylic acids is 1. The molecule has 2 N–H and O–H groups in total. The van der Waals surface area contributed by atoms with Crippen LogP contribution in [0.2, 0.25) is 0 Å². The topological polar surface area (TPSA) is 110 Å². The highest BCUT2D eigenvalue weighted by molar-refractivity contribution is 5.95. The monoisotopic (exact) mass is 450 g/mol. The molecule has 3 amide bonds. The molecule has 1 aliphatic heterocycles. The van der Waals surface area contributed by atoms with Crippen molar-refractivity contribution in [2.45, 2.75) is 81.8 Å². The van der Waals surface area contributed by atoms with E-state index in [1.807, 2.05) is 0 Å². The minimum atomic E-state index is -1.12. The first-order chi connectivity index (χ1) is 15.2. The highest BCUT2D eigenvalue weighted by Crippen LogP contribution is 2.37. The van der Waals surface area contributed by atoms with Crippen LogP contribution in [0.15, 0.2) is 0 Å². The summed E-state index contributed by atoms with van der Waals surface area (Å²) in [6, 6.07) is -1.75. The summed E-state index contributed by atoms with van der Waals surface area (Å²) in [6.45, 7) is 1.18. The molecular weight excluding hydrogens is 412 g/mol. The molecular formula is C23H38N4O5. The van der Waals surface area contributed by atoms with E-state index in [1.54, 1.807) is 23.9 Å². The van der Waals surface area contributed by atoms with Gasteiger partial charge in [-0.05, 0) is 57.9 Å². The van der Waals surface area contributed by atoms with Crippen molar-refractivity contribution in [2.24, 2.45) is 5.92 Å². The van der Waals surface area contributed by atoms with Crippen molar-refractivity contribution in [3.63, 3.8) is 0 Å². The Morgan fingerprint density at radius 1 is 1.00 bits per heavy atom. The smallest absolute Gasteiger partial charge is 0.305 e. The van der Waals surface area contributed by atoms with Gasteiger partial charge in [0, 0.05) is 27.2 Å². The number of likely N-dealkylation sites (N-methyl/N-ethyl adjacent to an activating group) is 3. The molecule has 0 unspecified atom stereocenters. The number of nitrogens with zero attached hydrogens (tertiary/aromatic N) is 3. The lowest BCUT2D eigenvalue weighted by molar-refractivity contribution is -0.157. The molecule has 0 radical (unpaired) electrons. The highest BCUT2D eigenvalue weighted by Gasteiger charge is 2.49. The standard InChI is InChI=1S/C23H38N4O5/c1-24-23(11-8-12-23)22(32)26(3)19(16-9-4-5-10-16)21(31)25(2)17(15-18(28)29)20(30)27-13-6-7-14-27/h16-17,19,24H,4-15H2,1-3H3,(H,28,29)/t17-,19-/m0/s1. The molecule has 32 heavy (non-hydrogen) atoms. The molecule has 2 saturated carbocycles. The number of carbonyl (C=O) groups is 4. The molecule has 180 valence electrons. The molecule has 3 aliphatic rings. The quantitative estimate of drug-likeness (QED) is 0.544. The van der Waals surface area contributed by atoms with Gasteiger partial charge in [0.25, 0.3) is 0 Å². The minimum Gasteiger partial charge on any atom is -0.481 e. The van der Waals surface area contributed by atoms with Gasteiger partial charge >= 0.3 is 5.97 Å². The fourth-order valence-corrected chi connectivity index (χ4v) is 5.59. The number of hydrogen-bond acceptors (Lipinski definition) is 5. The molecule has 0 aromatic carbocycles. The van der Waals surface area contributed by atoms with E-state index in [4.69, 9.17) is 0 Å². The second kappa shape index (κ2) is 10.2. The molecule has 9 heteroatoms.